The summed E-state index contributed by atoms with van der Waals surface area (Å²) >= 11 is 0. The minimum atomic E-state index is -4.44. The number of nitrogens with one attached hydrogen (secondary N) is 1. The smallest absolute Gasteiger partial charge is 0.405 e. The number of carbonyl (C=O) groups excluding carboxylic acids is 1. The van der Waals surface area contributed by atoms with E-state index in [2.05, 4.69) is 4.98 Å². The molecule has 0 unspecified atom stereocenters. The van der Waals surface area contributed by atoms with Crippen LogP contribution in [0, 0.1) is 0 Å². The first-order chi connectivity index (χ1) is 7.94. The predicted molar refractivity (Wildman–Crippen MR) is 53.8 cm³/mol. The van der Waals surface area contributed by atoms with Crippen molar-refractivity contribution in [3.63, 3.8) is 0 Å². The van der Waals surface area contributed by atoms with E-state index in [1.54, 1.807) is 12.2 Å². The average Bonchev–Trinajstić information content (AvgIpc) is 2.26. The summed E-state index contributed by atoms with van der Waals surface area (Å²) in [6.07, 6.45) is -3.05. The quantitative estimate of drug-likeness (QED) is 0.883. The SMILES string of the molecule is CCOc1ncccc1C(=O)NCC(F)(F)F. The Morgan fingerprint density at radius 1 is 1.53 bits per heavy atom. The summed E-state index contributed by atoms with van der Waals surface area (Å²) in [4.78, 5) is 15.2. The number of alkyl halides is 3. The maximum absolute atomic E-state index is 11.9. The number of hydrogen-bond acceptors (Lipinski definition) is 3. The van der Waals surface area contributed by atoms with E-state index in [1.165, 1.54) is 18.3 Å². The highest BCUT2D eigenvalue weighted by Gasteiger charge is 2.28. The van der Waals surface area contributed by atoms with Crippen LogP contribution in [0.5, 0.6) is 5.88 Å². The number of pyridine rings is 1. The monoisotopic (exact) mass is 248 g/mol. The van der Waals surface area contributed by atoms with Crippen LogP contribution >= 0.6 is 0 Å². The van der Waals surface area contributed by atoms with Gasteiger partial charge in [0.05, 0.1) is 6.61 Å². The molecule has 0 bridgehead atoms. The molecular formula is C10H11F3N2O2. The van der Waals surface area contributed by atoms with Gasteiger partial charge in [0.15, 0.2) is 0 Å². The van der Waals surface area contributed by atoms with Crippen LogP contribution in [0.2, 0.25) is 0 Å². The van der Waals surface area contributed by atoms with Crippen LogP contribution < -0.4 is 10.1 Å². The van der Waals surface area contributed by atoms with Crippen molar-refractivity contribution in [3.8, 4) is 5.88 Å². The van der Waals surface area contributed by atoms with Gasteiger partial charge in [0.1, 0.15) is 12.1 Å². The lowest BCUT2D eigenvalue weighted by Crippen LogP contribution is -2.34. The average molecular weight is 248 g/mol. The largest absolute Gasteiger partial charge is 0.477 e. The number of ether oxygens (including phenoxy) is 1. The first-order valence-corrected chi connectivity index (χ1v) is 4.87. The summed E-state index contributed by atoms with van der Waals surface area (Å²) in [5, 5.41) is 1.75. The fourth-order valence-electron chi connectivity index (χ4n) is 1.09. The number of carbonyl (C=O) groups is 1. The zero-order valence-corrected chi connectivity index (χ0v) is 9.04. The van der Waals surface area contributed by atoms with Gasteiger partial charge < -0.3 is 10.1 Å². The third kappa shape index (κ3) is 4.29. The second-order valence-electron chi connectivity index (χ2n) is 3.09. The number of nitrogens with zero attached hydrogens (tertiary/aromatic N) is 1. The van der Waals surface area contributed by atoms with Gasteiger partial charge in [-0.3, -0.25) is 4.79 Å². The Bertz CT molecular complexity index is 393. The first-order valence-electron chi connectivity index (χ1n) is 4.87. The highest BCUT2D eigenvalue weighted by Crippen LogP contribution is 2.16. The molecule has 0 saturated heterocycles. The Balaban J connectivity index is 2.74. The number of aromatic nitrogens is 1. The number of hydrogen-bond donors (Lipinski definition) is 1. The van der Waals surface area contributed by atoms with E-state index in [0.717, 1.165) is 0 Å². The summed E-state index contributed by atoms with van der Waals surface area (Å²) in [6, 6.07) is 2.80. The van der Waals surface area contributed by atoms with Gasteiger partial charge in [-0.2, -0.15) is 13.2 Å². The van der Waals surface area contributed by atoms with Crippen molar-refractivity contribution in [1.29, 1.82) is 0 Å². The lowest BCUT2D eigenvalue weighted by molar-refractivity contribution is -0.123. The van der Waals surface area contributed by atoms with Crippen molar-refractivity contribution in [2.45, 2.75) is 13.1 Å². The van der Waals surface area contributed by atoms with Gasteiger partial charge >= 0.3 is 6.18 Å². The fraction of sp³-hybridized carbons (Fsp3) is 0.400. The summed E-state index contributed by atoms with van der Waals surface area (Å²) in [5.74, 6) is -0.839. The molecule has 7 heteroatoms. The molecule has 0 spiro atoms. The molecule has 1 aromatic rings. The molecule has 1 aromatic heterocycles. The van der Waals surface area contributed by atoms with Gasteiger partial charge in [-0.05, 0) is 19.1 Å². The second-order valence-corrected chi connectivity index (χ2v) is 3.09. The van der Waals surface area contributed by atoms with E-state index >= 15 is 0 Å². The van der Waals surface area contributed by atoms with Gasteiger partial charge in [0.2, 0.25) is 5.88 Å². The second kappa shape index (κ2) is 5.51. The topological polar surface area (TPSA) is 51.2 Å². The number of rotatable bonds is 4. The molecule has 0 radical (unpaired) electrons. The lowest BCUT2D eigenvalue weighted by Gasteiger charge is -2.10. The Morgan fingerprint density at radius 3 is 2.82 bits per heavy atom. The molecule has 94 valence electrons. The van der Waals surface area contributed by atoms with E-state index in [-0.39, 0.29) is 18.1 Å². The van der Waals surface area contributed by atoms with E-state index in [0.29, 0.717) is 0 Å². The van der Waals surface area contributed by atoms with Crippen LogP contribution in [-0.4, -0.2) is 30.2 Å². The van der Waals surface area contributed by atoms with E-state index in [9.17, 15) is 18.0 Å². The first kappa shape index (κ1) is 13.3. The third-order valence-corrected chi connectivity index (χ3v) is 1.75. The van der Waals surface area contributed by atoms with Crippen LogP contribution in [0.25, 0.3) is 0 Å². The highest BCUT2D eigenvalue weighted by atomic mass is 19.4. The van der Waals surface area contributed by atoms with E-state index < -0.39 is 18.6 Å². The van der Waals surface area contributed by atoms with Gasteiger partial charge in [-0.25, -0.2) is 4.98 Å². The van der Waals surface area contributed by atoms with Gasteiger partial charge in [-0.1, -0.05) is 0 Å². The molecule has 0 saturated carbocycles. The van der Waals surface area contributed by atoms with Gasteiger partial charge in [-0.15, -0.1) is 0 Å². The summed E-state index contributed by atoms with van der Waals surface area (Å²) in [6.45, 7) is 0.578. The van der Waals surface area contributed by atoms with E-state index in [4.69, 9.17) is 4.74 Å². The van der Waals surface area contributed by atoms with Crippen LogP contribution in [0.3, 0.4) is 0 Å². The Morgan fingerprint density at radius 2 is 2.24 bits per heavy atom. The molecule has 0 atom stereocenters. The fourth-order valence-corrected chi connectivity index (χ4v) is 1.09. The minimum Gasteiger partial charge on any atom is -0.477 e. The van der Waals surface area contributed by atoms with E-state index in [1.807, 2.05) is 0 Å². The van der Waals surface area contributed by atoms with Crippen molar-refractivity contribution >= 4 is 5.91 Å². The van der Waals surface area contributed by atoms with Crippen LogP contribution in [-0.2, 0) is 0 Å². The molecule has 0 aliphatic heterocycles. The van der Waals surface area contributed by atoms with Crippen molar-refractivity contribution in [1.82, 2.24) is 10.3 Å². The molecule has 0 aliphatic rings. The molecule has 0 fully saturated rings. The Labute approximate surface area is 95.8 Å². The minimum absolute atomic E-state index is 0.0152. The van der Waals surface area contributed by atoms with Gasteiger partial charge in [0, 0.05) is 6.20 Å². The summed E-state index contributed by atoms with van der Waals surface area (Å²) in [7, 11) is 0. The number of halogens is 3. The normalized spacial score (nSPS) is 11.1. The maximum Gasteiger partial charge on any atom is 0.405 e. The lowest BCUT2D eigenvalue weighted by atomic mass is 10.2. The third-order valence-electron chi connectivity index (χ3n) is 1.75. The van der Waals surface area contributed by atoms with Crippen molar-refractivity contribution in [3.05, 3.63) is 23.9 Å². The predicted octanol–water partition coefficient (Wildman–Crippen LogP) is 1.77. The molecular weight excluding hydrogens is 237 g/mol. The van der Waals surface area contributed by atoms with Gasteiger partial charge in [0.25, 0.3) is 5.91 Å². The molecule has 0 aromatic carbocycles. The molecule has 0 aliphatic carbocycles. The van der Waals surface area contributed by atoms with Crippen molar-refractivity contribution < 1.29 is 22.7 Å². The molecule has 1 rings (SSSR count). The highest BCUT2D eigenvalue weighted by molar-refractivity contribution is 5.96. The van der Waals surface area contributed by atoms with Crippen molar-refractivity contribution in [2.75, 3.05) is 13.2 Å². The molecule has 1 N–H and O–H groups in total. The molecule has 17 heavy (non-hydrogen) atoms. The summed E-state index contributed by atoms with van der Waals surface area (Å²) < 4.78 is 40.8. The molecule has 4 nitrogen and oxygen atoms in total. The van der Waals surface area contributed by atoms with Crippen LogP contribution in [0.15, 0.2) is 18.3 Å². The maximum atomic E-state index is 11.9. The zero-order chi connectivity index (χ0) is 12.9. The van der Waals surface area contributed by atoms with Crippen LogP contribution in [0.4, 0.5) is 13.2 Å². The van der Waals surface area contributed by atoms with Crippen LogP contribution in [0.1, 0.15) is 17.3 Å². The zero-order valence-electron chi connectivity index (χ0n) is 9.04. The Hall–Kier alpha value is -1.79. The molecule has 1 amide bonds. The number of amides is 1. The standard InChI is InChI=1S/C10H11F3N2O2/c1-2-17-9-7(4-3-5-14-9)8(16)15-6-10(11,12)13/h3-5H,2,6H2,1H3,(H,15,16). The van der Waals surface area contributed by atoms with Crippen molar-refractivity contribution in [2.24, 2.45) is 0 Å². The Kier molecular flexibility index (Phi) is 4.30. The summed E-state index contributed by atoms with van der Waals surface area (Å²) in [5.41, 5.74) is -0.0152. The molecule has 1 heterocycles.